The van der Waals surface area contributed by atoms with Crippen molar-refractivity contribution in [2.75, 3.05) is 17.2 Å². The molecular weight excluding hydrogens is 262 g/mol. The molecule has 0 aliphatic carbocycles. The standard InChI is InChI=1S/C17H17N3O/c1-2-20(13-8-4-3-5-9-13)17(21)15-11-12-7-6-10-14(18)16(12)19-15/h3-11,19H,2,18H2,1H3. The summed E-state index contributed by atoms with van der Waals surface area (Å²) in [4.78, 5) is 17.6. The van der Waals surface area contributed by atoms with Crippen LogP contribution < -0.4 is 10.6 Å². The predicted molar refractivity (Wildman–Crippen MR) is 86.5 cm³/mol. The Bertz CT molecular complexity index is 777. The lowest BCUT2D eigenvalue weighted by Gasteiger charge is -2.20. The number of amides is 1. The number of nitrogens with zero attached hydrogens (tertiary/aromatic N) is 1. The molecule has 0 atom stereocenters. The number of aromatic nitrogens is 1. The van der Waals surface area contributed by atoms with E-state index < -0.39 is 0 Å². The molecule has 0 saturated heterocycles. The molecule has 1 amide bonds. The Hall–Kier alpha value is -2.75. The van der Waals surface area contributed by atoms with Crippen LogP contribution in [0.4, 0.5) is 11.4 Å². The largest absolute Gasteiger partial charge is 0.397 e. The van der Waals surface area contributed by atoms with Gasteiger partial charge in [-0.15, -0.1) is 0 Å². The lowest BCUT2D eigenvalue weighted by Crippen LogP contribution is -2.30. The summed E-state index contributed by atoms with van der Waals surface area (Å²) >= 11 is 0. The predicted octanol–water partition coefficient (Wildman–Crippen LogP) is 3.42. The van der Waals surface area contributed by atoms with E-state index in [1.807, 2.05) is 61.5 Å². The fourth-order valence-corrected chi connectivity index (χ4v) is 2.49. The maximum absolute atomic E-state index is 12.7. The first-order valence-electron chi connectivity index (χ1n) is 6.95. The topological polar surface area (TPSA) is 62.1 Å². The van der Waals surface area contributed by atoms with Crippen molar-refractivity contribution in [3.63, 3.8) is 0 Å². The lowest BCUT2D eigenvalue weighted by atomic mass is 10.2. The number of H-pyrrole nitrogens is 1. The van der Waals surface area contributed by atoms with Gasteiger partial charge in [-0.3, -0.25) is 4.79 Å². The number of hydrogen-bond acceptors (Lipinski definition) is 2. The molecule has 0 fully saturated rings. The Kier molecular flexibility index (Phi) is 3.36. The first kappa shape index (κ1) is 13.2. The summed E-state index contributed by atoms with van der Waals surface area (Å²) < 4.78 is 0. The van der Waals surface area contributed by atoms with Crippen LogP contribution in [-0.4, -0.2) is 17.4 Å². The Morgan fingerprint density at radius 2 is 1.90 bits per heavy atom. The second kappa shape index (κ2) is 5.32. The van der Waals surface area contributed by atoms with Crippen LogP contribution in [0.2, 0.25) is 0 Å². The summed E-state index contributed by atoms with van der Waals surface area (Å²) in [6.45, 7) is 2.57. The number of aromatic amines is 1. The molecule has 21 heavy (non-hydrogen) atoms. The van der Waals surface area contributed by atoms with E-state index in [1.165, 1.54) is 0 Å². The van der Waals surface area contributed by atoms with Crippen molar-refractivity contribution in [1.29, 1.82) is 0 Å². The molecule has 3 rings (SSSR count). The third kappa shape index (κ3) is 2.36. The Morgan fingerprint density at radius 3 is 2.57 bits per heavy atom. The first-order valence-corrected chi connectivity index (χ1v) is 6.95. The van der Waals surface area contributed by atoms with Crippen LogP contribution in [0.25, 0.3) is 10.9 Å². The molecule has 0 spiro atoms. The zero-order valence-corrected chi connectivity index (χ0v) is 11.8. The number of hydrogen-bond donors (Lipinski definition) is 2. The highest BCUT2D eigenvalue weighted by molar-refractivity contribution is 6.08. The zero-order valence-electron chi connectivity index (χ0n) is 11.8. The monoisotopic (exact) mass is 279 g/mol. The second-order valence-corrected chi connectivity index (χ2v) is 4.88. The van der Waals surface area contributed by atoms with Crippen LogP contribution in [0.15, 0.2) is 54.6 Å². The van der Waals surface area contributed by atoms with Crippen molar-refractivity contribution in [3.8, 4) is 0 Å². The molecule has 0 radical (unpaired) electrons. The van der Waals surface area contributed by atoms with Gasteiger partial charge in [-0.2, -0.15) is 0 Å². The van der Waals surface area contributed by atoms with Gasteiger partial charge in [0, 0.05) is 17.6 Å². The molecule has 1 heterocycles. The molecule has 4 nitrogen and oxygen atoms in total. The van der Waals surface area contributed by atoms with Gasteiger partial charge in [-0.05, 0) is 31.2 Å². The zero-order chi connectivity index (χ0) is 14.8. The van der Waals surface area contributed by atoms with Gasteiger partial charge in [0.1, 0.15) is 5.69 Å². The highest BCUT2D eigenvalue weighted by Gasteiger charge is 2.18. The molecule has 3 N–H and O–H groups in total. The molecule has 1 aromatic heterocycles. The molecule has 0 saturated carbocycles. The minimum Gasteiger partial charge on any atom is -0.397 e. The van der Waals surface area contributed by atoms with E-state index in [9.17, 15) is 4.79 Å². The van der Waals surface area contributed by atoms with Crippen LogP contribution in [0.3, 0.4) is 0 Å². The SMILES string of the molecule is CCN(C(=O)c1cc2cccc(N)c2[nH]1)c1ccccc1. The third-order valence-corrected chi connectivity index (χ3v) is 3.55. The van der Waals surface area contributed by atoms with Crippen molar-refractivity contribution in [2.24, 2.45) is 0 Å². The number of para-hydroxylation sites is 2. The fraction of sp³-hybridized carbons (Fsp3) is 0.118. The molecular formula is C17H17N3O. The summed E-state index contributed by atoms with van der Waals surface area (Å²) in [6, 6.07) is 17.1. The maximum Gasteiger partial charge on any atom is 0.274 e. The average molecular weight is 279 g/mol. The van der Waals surface area contributed by atoms with E-state index in [2.05, 4.69) is 4.98 Å². The number of anilines is 2. The molecule has 106 valence electrons. The summed E-state index contributed by atoms with van der Waals surface area (Å²) in [7, 11) is 0. The first-order chi connectivity index (χ1) is 10.2. The van der Waals surface area contributed by atoms with Crippen molar-refractivity contribution in [1.82, 2.24) is 4.98 Å². The van der Waals surface area contributed by atoms with Gasteiger partial charge >= 0.3 is 0 Å². The number of nitrogens with one attached hydrogen (secondary N) is 1. The van der Waals surface area contributed by atoms with Crippen LogP contribution in [0.5, 0.6) is 0 Å². The number of fused-ring (bicyclic) bond motifs is 1. The number of rotatable bonds is 3. The molecule has 0 bridgehead atoms. The highest BCUT2D eigenvalue weighted by Crippen LogP contribution is 2.23. The van der Waals surface area contributed by atoms with Gasteiger partial charge in [0.05, 0.1) is 11.2 Å². The third-order valence-electron chi connectivity index (χ3n) is 3.55. The van der Waals surface area contributed by atoms with Crippen LogP contribution in [0, 0.1) is 0 Å². The van der Waals surface area contributed by atoms with Crippen LogP contribution in [-0.2, 0) is 0 Å². The number of carbonyl (C=O) groups excluding carboxylic acids is 1. The van der Waals surface area contributed by atoms with Gasteiger partial charge in [-0.1, -0.05) is 30.3 Å². The van der Waals surface area contributed by atoms with Gasteiger partial charge in [-0.25, -0.2) is 0 Å². The lowest BCUT2D eigenvalue weighted by molar-refractivity contribution is 0.0984. The van der Waals surface area contributed by atoms with E-state index in [-0.39, 0.29) is 5.91 Å². The van der Waals surface area contributed by atoms with Crippen molar-refractivity contribution < 1.29 is 4.79 Å². The highest BCUT2D eigenvalue weighted by atomic mass is 16.2. The van der Waals surface area contributed by atoms with E-state index >= 15 is 0 Å². The van der Waals surface area contributed by atoms with Gasteiger partial charge in [0.25, 0.3) is 5.91 Å². The Morgan fingerprint density at radius 1 is 1.14 bits per heavy atom. The van der Waals surface area contributed by atoms with E-state index in [0.29, 0.717) is 17.9 Å². The normalized spacial score (nSPS) is 10.7. The smallest absolute Gasteiger partial charge is 0.274 e. The quantitative estimate of drug-likeness (QED) is 0.722. The van der Waals surface area contributed by atoms with E-state index in [0.717, 1.165) is 16.6 Å². The van der Waals surface area contributed by atoms with E-state index in [4.69, 9.17) is 5.73 Å². The fourth-order valence-electron chi connectivity index (χ4n) is 2.49. The van der Waals surface area contributed by atoms with Crippen LogP contribution in [0.1, 0.15) is 17.4 Å². The summed E-state index contributed by atoms with van der Waals surface area (Å²) in [5.74, 6) is -0.0562. The number of nitrogen functional groups attached to an aromatic ring is 1. The molecule has 3 aromatic rings. The second-order valence-electron chi connectivity index (χ2n) is 4.88. The Balaban J connectivity index is 2.01. The summed E-state index contributed by atoms with van der Waals surface area (Å²) in [6.07, 6.45) is 0. The van der Waals surface area contributed by atoms with Crippen molar-refractivity contribution in [3.05, 3.63) is 60.3 Å². The number of carbonyl (C=O) groups is 1. The molecule has 0 aliphatic rings. The van der Waals surface area contributed by atoms with Gasteiger partial charge in [0.15, 0.2) is 0 Å². The van der Waals surface area contributed by atoms with Gasteiger partial charge in [0.2, 0.25) is 0 Å². The molecule has 0 unspecified atom stereocenters. The summed E-state index contributed by atoms with van der Waals surface area (Å²) in [5, 5.41) is 0.947. The van der Waals surface area contributed by atoms with Gasteiger partial charge < -0.3 is 15.6 Å². The van der Waals surface area contributed by atoms with E-state index in [1.54, 1.807) is 4.90 Å². The average Bonchev–Trinajstić information content (AvgIpc) is 2.95. The van der Waals surface area contributed by atoms with Crippen LogP contribution >= 0.6 is 0 Å². The van der Waals surface area contributed by atoms with Crippen molar-refractivity contribution in [2.45, 2.75) is 6.92 Å². The minimum absolute atomic E-state index is 0.0562. The number of nitrogens with two attached hydrogens (primary N) is 1. The minimum atomic E-state index is -0.0562. The molecule has 0 aliphatic heterocycles. The Labute approximate surface area is 123 Å². The molecule has 4 heteroatoms. The molecule has 2 aromatic carbocycles. The summed E-state index contributed by atoms with van der Waals surface area (Å²) in [5.41, 5.74) is 8.83. The number of benzene rings is 2. The van der Waals surface area contributed by atoms with Crippen molar-refractivity contribution >= 4 is 28.2 Å². The maximum atomic E-state index is 12.7.